The summed E-state index contributed by atoms with van der Waals surface area (Å²) in [4.78, 5) is 11.5. The minimum absolute atomic E-state index is 0.427. The van der Waals surface area contributed by atoms with Crippen LogP contribution in [0.2, 0.25) is 0 Å². The fourth-order valence-corrected chi connectivity index (χ4v) is 2.39. The summed E-state index contributed by atoms with van der Waals surface area (Å²) in [6, 6.07) is 0. The Labute approximate surface area is 93.0 Å². The van der Waals surface area contributed by atoms with Crippen LogP contribution in [0.3, 0.4) is 0 Å². The van der Waals surface area contributed by atoms with Gasteiger partial charge in [-0.25, -0.2) is 0 Å². The third-order valence-corrected chi connectivity index (χ3v) is 3.50. The van der Waals surface area contributed by atoms with Gasteiger partial charge in [0.05, 0.1) is 5.75 Å². The van der Waals surface area contributed by atoms with Crippen molar-refractivity contribution in [3.8, 4) is 0 Å². The molecule has 0 aromatic carbocycles. The van der Waals surface area contributed by atoms with Crippen LogP contribution in [0.25, 0.3) is 0 Å². The predicted molar refractivity (Wildman–Crippen MR) is 65.9 cm³/mol. The SMILES string of the molecule is CCCC(C)CC(=O)CSCC(C)C. The van der Waals surface area contributed by atoms with Gasteiger partial charge in [-0.3, -0.25) is 4.79 Å². The van der Waals surface area contributed by atoms with E-state index in [2.05, 4.69) is 27.7 Å². The van der Waals surface area contributed by atoms with Crippen molar-refractivity contribution in [3.05, 3.63) is 0 Å². The first-order valence-corrected chi connectivity index (χ1v) is 6.81. The van der Waals surface area contributed by atoms with Crippen molar-refractivity contribution >= 4 is 17.5 Å². The van der Waals surface area contributed by atoms with Crippen molar-refractivity contribution in [2.24, 2.45) is 11.8 Å². The van der Waals surface area contributed by atoms with E-state index in [4.69, 9.17) is 0 Å². The molecule has 0 aromatic heterocycles. The molecule has 0 saturated carbocycles. The molecule has 0 aromatic rings. The fourth-order valence-electron chi connectivity index (χ4n) is 1.45. The number of carbonyl (C=O) groups is 1. The lowest BCUT2D eigenvalue weighted by molar-refractivity contribution is -0.117. The number of rotatable bonds is 8. The van der Waals surface area contributed by atoms with Gasteiger partial charge < -0.3 is 0 Å². The summed E-state index contributed by atoms with van der Waals surface area (Å²) in [6.07, 6.45) is 3.15. The van der Waals surface area contributed by atoms with Gasteiger partial charge in [-0.15, -0.1) is 0 Å². The van der Waals surface area contributed by atoms with Crippen LogP contribution in [0.15, 0.2) is 0 Å². The number of hydrogen-bond acceptors (Lipinski definition) is 2. The Hall–Kier alpha value is 0.0200. The molecule has 1 unspecified atom stereocenters. The molecule has 0 rings (SSSR count). The summed E-state index contributed by atoms with van der Waals surface area (Å²) in [5.74, 6) is 3.52. The van der Waals surface area contributed by atoms with Crippen molar-refractivity contribution in [3.63, 3.8) is 0 Å². The standard InChI is InChI=1S/C12H24OS/c1-5-6-11(4)7-12(13)9-14-8-10(2)3/h10-11H,5-9H2,1-4H3. The van der Waals surface area contributed by atoms with Crippen LogP contribution < -0.4 is 0 Å². The molecule has 2 heteroatoms. The average molecular weight is 216 g/mol. The Morgan fingerprint density at radius 3 is 2.43 bits per heavy atom. The van der Waals surface area contributed by atoms with E-state index in [-0.39, 0.29) is 0 Å². The highest BCUT2D eigenvalue weighted by Gasteiger charge is 2.08. The van der Waals surface area contributed by atoms with Crippen LogP contribution in [-0.2, 0) is 4.79 Å². The van der Waals surface area contributed by atoms with E-state index < -0.39 is 0 Å². The first kappa shape index (κ1) is 14.0. The normalized spacial score (nSPS) is 13.2. The zero-order chi connectivity index (χ0) is 11.0. The number of thioether (sulfide) groups is 1. The smallest absolute Gasteiger partial charge is 0.143 e. The quantitative estimate of drug-likeness (QED) is 0.614. The highest BCUT2D eigenvalue weighted by Crippen LogP contribution is 2.13. The maximum absolute atomic E-state index is 11.5. The van der Waals surface area contributed by atoms with Gasteiger partial charge in [0.15, 0.2) is 0 Å². The first-order chi connectivity index (χ1) is 6.56. The molecule has 0 radical (unpaired) electrons. The highest BCUT2D eigenvalue weighted by atomic mass is 32.2. The lowest BCUT2D eigenvalue weighted by atomic mass is 10.0. The Kier molecular flexibility index (Phi) is 8.35. The molecule has 0 fully saturated rings. The molecule has 0 bridgehead atoms. The topological polar surface area (TPSA) is 17.1 Å². The van der Waals surface area contributed by atoms with Gasteiger partial charge in [-0.1, -0.05) is 40.5 Å². The van der Waals surface area contributed by atoms with Crippen LogP contribution in [0.4, 0.5) is 0 Å². The molecule has 0 aliphatic heterocycles. The number of carbonyl (C=O) groups excluding carboxylic acids is 1. The minimum atomic E-state index is 0.427. The van der Waals surface area contributed by atoms with Gasteiger partial charge in [-0.05, 0) is 17.6 Å². The minimum Gasteiger partial charge on any atom is -0.299 e. The third-order valence-electron chi connectivity index (χ3n) is 2.07. The fraction of sp³-hybridized carbons (Fsp3) is 0.917. The molecule has 0 spiro atoms. The molecule has 1 nitrogen and oxygen atoms in total. The molecule has 0 saturated heterocycles. The molecular formula is C12H24OS. The van der Waals surface area contributed by atoms with Crippen LogP contribution >= 0.6 is 11.8 Å². The lowest BCUT2D eigenvalue weighted by Gasteiger charge is -2.09. The van der Waals surface area contributed by atoms with Crippen molar-refractivity contribution < 1.29 is 4.79 Å². The van der Waals surface area contributed by atoms with Gasteiger partial charge in [0.1, 0.15) is 5.78 Å². The summed E-state index contributed by atoms with van der Waals surface area (Å²) < 4.78 is 0. The van der Waals surface area contributed by atoms with Crippen molar-refractivity contribution in [2.75, 3.05) is 11.5 Å². The molecule has 14 heavy (non-hydrogen) atoms. The summed E-state index contributed by atoms with van der Waals surface area (Å²) in [5, 5.41) is 0. The van der Waals surface area contributed by atoms with E-state index in [1.807, 2.05) is 0 Å². The van der Waals surface area contributed by atoms with Gasteiger partial charge in [0.2, 0.25) is 0 Å². The van der Waals surface area contributed by atoms with E-state index in [9.17, 15) is 4.79 Å². The molecular weight excluding hydrogens is 192 g/mol. The largest absolute Gasteiger partial charge is 0.299 e. The average Bonchev–Trinajstić information content (AvgIpc) is 2.03. The molecule has 0 amide bonds. The molecule has 0 aliphatic rings. The van der Waals surface area contributed by atoms with E-state index in [0.717, 1.165) is 12.2 Å². The van der Waals surface area contributed by atoms with E-state index in [0.29, 0.717) is 23.4 Å². The van der Waals surface area contributed by atoms with Gasteiger partial charge in [0, 0.05) is 6.42 Å². The van der Waals surface area contributed by atoms with Crippen molar-refractivity contribution in [1.82, 2.24) is 0 Å². The monoisotopic (exact) mass is 216 g/mol. The Bertz CT molecular complexity index is 154. The second kappa shape index (κ2) is 8.34. The maximum Gasteiger partial charge on any atom is 0.143 e. The molecule has 0 heterocycles. The number of hydrogen-bond donors (Lipinski definition) is 0. The van der Waals surface area contributed by atoms with Gasteiger partial charge in [-0.2, -0.15) is 11.8 Å². The van der Waals surface area contributed by atoms with Crippen molar-refractivity contribution in [1.29, 1.82) is 0 Å². The van der Waals surface area contributed by atoms with Crippen LogP contribution in [-0.4, -0.2) is 17.3 Å². The van der Waals surface area contributed by atoms with E-state index in [1.165, 1.54) is 12.8 Å². The Morgan fingerprint density at radius 1 is 1.29 bits per heavy atom. The Balaban J connectivity index is 3.45. The lowest BCUT2D eigenvalue weighted by Crippen LogP contribution is -2.08. The molecule has 0 N–H and O–H groups in total. The summed E-state index contributed by atoms with van der Waals surface area (Å²) in [6.45, 7) is 8.73. The number of Topliss-reactive ketones (excluding diaryl/α,β-unsaturated/α-hetero) is 1. The maximum atomic E-state index is 11.5. The van der Waals surface area contributed by atoms with Gasteiger partial charge in [0.25, 0.3) is 0 Å². The predicted octanol–water partition coefficient (Wildman–Crippen LogP) is 3.77. The second-order valence-corrected chi connectivity index (χ2v) is 5.58. The summed E-state index contributed by atoms with van der Waals surface area (Å²) in [7, 11) is 0. The highest BCUT2D eigenvalue weighted by molar-refractivity contribution is 7.99. The zero-order valence-electron chi connectivity index (χ0n) is 10.0. The third kappa shape index (κ3) is 8.61. The number of ketones is 1. The van der Waals surface area contributed by atoms with Crippen LogP contribution in [0.5, 0.6) is 0 Å². The van der Waals surface area contributed by atoms with E-state index >= 15 is 0 Å². The van der Waals surface area contributed by atoms with Crippen LogP contribution in [0, 0.1) is 11.8 Å². The summed E-state index contributed by atoms with van der Waals surface area (Å²) >= 11 is 1.78. The Morgan fingerprint density at radius 2 is 1.93 bits per heavy atom. The second-order valence-electron chi connectivity index (χ2n) is 4.55. The van der Waals surface area contributed by atoms with Gasteiger partial charge >= 0.3 is 0 Å². The first-order valence-electron chi connectivity index (χ1n) is 5.65. The summed E-state index contributed by atoms with van der Waals surface area (Å²) in [5.41, 5.74) is 0. The molecule has 0 aliphatic carbocycles. The van der Waals surface area contributed by atoms with Crippen molar-refractivity contribution in [2.45, 2.75) is 47.0 Å². The molecule has 84 valence electrons. The van der Waals surface area contributed by atoms with Crippen LogP contribution in [0.1, 0.15) is 47.0 Å². The molecule has 1 atom stereocenters. The zero-order valence-corrected chi connectivity index (χ0v) is 10.8. The van der Waals surface area contributed by atoms with E-state index in [1.54, 1.807) is 11.8 Å².